The molecule has 1 atom stereocenters. The van der Waals surface area contributed by atoms with Crippen LogP contribution in [-0.2, 0) is 0 Å². The Bertz CT molecular complexity index is 248. The van der Waals surface area contributed by atoms with Crippen molar-refractivity contribution >= 4 is 0 Å². The average molecular weight is 103 g/mol. The van der Waals surface area contributed by atoms with Gasteiger partial charge >= 0.3 is 0 Å². The van der Waals surface area contributed by atoms with Crippen LogP contribution in [0.4, 0.5) is 0 Å². The van der Waals surface area contributed by atoms with E-state index in [2.05, 4.69) is 0 Å². The molecule has 0 amide bonds. The summed E-state index contributed by atoms with van der Waals surface area (Å²) >= 11 is 0. The van der Waals surface area contributed by atoms with Crippen LogP contribution < -0.4 is 5.31 Å². The molecule has 1 nitrogen and oxygen atoms in total. The predicted octanol–water partition coefficient (Wildman–Crippen LogP) is 1.27. The van der Waals surface area contributed by atoms with Gasteiger partial charge in [-0.2, -0.15) is 0 Å². The molecule has 0 bridgehead atoms. The van der Waals surface area contributed by atoms with E-state index in [1.807, 2.05) is 0 Å². The highest BCUT2D eigenvalue weighted by atomic mass is 14.8. The van der Waals surface area contributed by atoms with Crippen molar-refractivity contribution in [2.75, 3.05) is 6.50 Å². The number of hydrogen-bond donors (Lipinski definition) is 1. The van der Waals surface area contributed by atoms with Crippen LogP contribution in [0.2, 0.25) is 1.41 Å². The van der Waals surface area contributed by atoms with E-state index in [4.69, 9.17) is 8.27 Å². The summed E-state index contributed by atoms with van der Waals surface area (Å²) in [7, 11) is 0. The van der Waals surface area contributed by atoms with Crippen molar-refractivity contribution in [3.63, 3.8) is 0 Å². The quantitative estimate of drug-likeness (QED) is 0.487. The van der Waals surface area contributed by atoms with Crippen LogP contribution in [0.15, 0.2) is 11.8 Å². The molecule has 0 aromatic carbocycles. The van der Waals surface area contributed by atoms with Crippen molar-refractivity contribution in [3.05, 3.63) is 11.8 Å². The molecule has 1 rings (SSSR count). The van der Waals surface area contributed by atoms with Gasteiger partial charge in [-0.3, -0.25) is 0 Å². The van der Waals surface area contributed by atoms with Crippen molar-refractivity contribution in [1.82, 2.24) is 5.31 Å². The van der Waals surface area contributed by atoms with Crippen molar-refractivity contribution in [1.29, 1.82) is 0 Å². The number of rotatable bonds is 0. The van der Waals surface area contributed by atoms with Crippen LogP contribution in [0.3, 0.4) is 0 Å². The summed E-state index contributed by atoms with van der Waals surface area (Å²) in [5.41, 5.74) is 0.357. The normalized spacial score (nSPS) is 59.3. The Balaban J connectivity index is 3.18. The van der Waals surface area contributed by atoms with E-state index in [0.717, 1.165) is 6.20 Å². The molecule has 0 radical (unpaired) electrons. The molecule has 7 heavy (non-hydrogen) atoms. The third kappa shape index (κ3) is 1.22. The highest BCUT2D eigenvalue weighted by Gasteiger charge is 1.93. The molecule has 0 aliphatic carbocycles. The van der Waals surface area contributed by atoms with Crippen molar-refractivity contribution in [2.24, 2.45) is 0 Å². The zero-order valence-electron chi connectivity index (χ0n) is 10.1. The fraction of sp³-hybridized carbons (Fsp3) is 0.667. The van der Waals surface area contributed by atoms with Gasteiger partial charge < -0.3 is 5.31 Å². The Morgan fingerprint density at radius 1 is 2.14 bits per heavy atom. The lowest BCUT2D eigenvalue weighted by Crippen LogP contribution is -2.12. The summed E-state index contributed by atoms with van der Waals surface area (Å²) in [6, 6.07) is 0. The summed E-state index contributed by atoms with van der Waals surface area (Å²) in [4.78, 5) is 0. The van der Waals surface area contributed by atoms with Gasteiger partial charge in [0, 0.05) is 13.4 Å². The van der Waals surface area contributed by atoms with E-state index in [9.17, 15) is 0 Å². The van der Waals surface area contributed by atoms with E-state index >= 15 is 0 Å². The molecule has 1 unspecified atom stereocenters. The standard InChI is InChI=1S/C6H11N/c1-6-3-2-4-7-5-6/h5,7H,2-4H2,1H3/i2D2,3D,4D2/hD. The SMILES string of the molecule is [2H]C1C(C)=CN([2H])C([2H])([2H])C1([2H])[2H]. The zero-order valence-corrected chi connectivity index (χ0v) is 4.10. The van der Waals surface area contributed by atoms with Crippen molar-refractivity contribution in [3.8, 4) is 0 Å². The monoisotopic (exact) mass is 103 g/mol. The molecular formula is C6H11N. The van der Waals surface area contributed by atoms with Crippen LogP contribution in [0.5, 0.6) is 0 Å². The molecule has 0 aromatic heterocycles. The van der Waals surface area contributed by atoms with Crippen molar-refractivity contribution < 1.29 is 8.27 Å². The second kappa shape index (κ2) is 2.01. The maximum Gasteiger partial charge on any atom is 0.159 e. The summed E-state index contributed by atoms with van der Waals surface area (Å²) in [5, 5.41) is 0.438. The summed E-state index contributed by atoms with van der Waals surface area (Å²) in [5.74, 6) is 0. The summed E-state index contributed by atoms with van der Waals surface area (Å²) < 4.78 is 44.1. The van der Waals surface area contributed by atoms with Crippen LogP contribution in [-0.4, -0.2) is 6.50 Å². The molecule has 1 aliphatic rings. The van der Waals surface area contributed by atoms with E-state index < -0.39 is 19.3 Å². The van der Waals surface area contributed by atoms with Crippen LogP contribution in [0.25, 0.3) is 0 Å². The lowest BCUT2D eigenvalue weighted by atomic mass is 10.1. The fourth-order valence-corrected chi connectivity index (χ4v) is 0.355. The Labute approximate surface area is 52.9 Å². The Morgan fingerprint density at radius 2 is 3.00 bits per heavy atom. The molecule has 0 saturated carbocycles. The first kappa shape index (κ1) is 1.28. The van der Waals surface area contributed by atoms with Gasteiger partial charge in [0.15, 0.2) is 1.41 Å². The Hall–Kier alpha value is -0.460. The van der Waals surface area contributed by atoms with Gasteiger partial charge in [-0.1, -0.05) is 5.57 Å². The Morgan fingerprint density at radius 3 is 3.86 bits per heavy atom. The molecule has 0 spiro atoms. The molecule has 0 aromatic rings. The average Bonchev–Trinajstić information content (AvgIpc) is 2.00. The second-order valence-corrected chi connectivity index (χ2v) is 1.40. The first-order valence-electron chi connectivity index (χ1n) is 5.12. The van der Waals surface area contributed by atoms with Crippen LogP contribution in [0, 0.1) is 0 Å². The molecular weight excluding hydrogens is 86.1 g/mol. The minimum atomic E-state index is -2.45. The van der Waals surface area contributed by atoms with Crippen molar-refractivity contribution in [2.45, 2.75) is 19.7 Å². The molecule has 1 heterocycles. The maximum absolute atomic E-state index is 7.43. The number of nitrogens with one attached hydrogen (secondary N) is 1. The highest BCUT2D eigenvalue weighted by Crippen LogP contribution is 2.04. The number of allylic oxidation sites excluding steroid dienone is 1. The first-order valence-corrected chi connectivity index (χ1v) is 2.10. The predicted molar refractivity (Wildman–Crippen MR) is 31.0 cm³/mol. The van der Waals surface area contributed by atoms with Crippen LogP contribution in [0.1, 0.15) is 26.5 Å². The van der Waals surface area contributed by atoms with Gasteiger partial charge in [-0.25, -0.2) is 0 Å². The fourth-order valence-electron chi connectivity index (χ4n) is 0.355. The molecule has 1 heteroatoms. The highest BCUT2D eigenvalue weighted by molar-refractivity contribution is 4.99. The van der Waals surface area contributed by atoms with E-state index in [1.165, 1.54) is 6.92 Å². The van der Waals surface area contributed by atoms with E-state index in [-0.39, 0.29) is 0 Å². The molecule has 40 valence electrons. The summed E-state index contributed by atoms with van der Waals surface area (Å²) in [6.45, 7) is -0.925. The van der Waals surface area contributed by atoms with Gasteiger partial charge in [0.05, 0.1) is 0 Å². The largest absolute Gasteiger partial charge is 0.391 e. The zero-order chi connectivity index (χ0) is 10.4. The third-order valence-corrected chi connectivity index (χ3v) is 0.697. The molecule has 0 saturated heterocycles. The summed E-state index contributed by atoms with van der Waals surface area (Å²) in [6.07, 6.45) is -2.45. The van der Waals surface area contributed by atoms with E-state index in [1.54, 1.807) is 0 Å². The van der Waals surface area contributed by atoms with Gasteiger partial charge in [0.1, 0.15) is 0 Å². The topological polar surface area (TPSA) is 12.0 Å². The minimum absolute atomic E-state index is 0.357. The minimum Gasteiger partial charge on any atom is -0.391 e. The molecule has 1 N–H and O–H groups in total. The van der Waals surface area contributed by atoms with Crippen LogP contribution >= 0.6 is 0 Å². The molecule has 0 fully saturated rings. The van der Waals surface area contributed by atoms with Gasteiger partial charge in [-0.15, -0.1) is 0 Å². The maximum atomic E-state index is 7.43. The lowest BCUT2D eigenvalue weighted by Gasteiger charge is -2.08. The smallest absolute Gasteiger partial charge is 0.159 e. The van der Waals surface area contributed by atoms with Gasteiger partial charge in [0.2, 0.25) is 0 Å². The number of hydrogen-bond acceptors (Lipinski definition) is 1. The van der Waals surface area contributed by atoms with Gasteiger partial charge in [-0.05, 0) is 25.9 Å². The first-order chi connectivity index (χ1) is 5.71. The Kier molecular flexibility index (Phi) is 0.366. The third-order valence-electron chi connectivity index (χ3n) is 0.697. The lowest BCUT2D eigenvalue weighted by molar-refractivity contribution is 0.699. The van der Waals surface area contributed by atoms with Gasteiger partial charge in [0.25, 0.3) is 0 Å². The second-order valence-electron chi connectivity index (χ2n) is 1.40. The molecule has 1 aliphatic heterocycles. The van der Waals surface area contributed by atoms with E-state index in [0.29, 0.717) is 10.9 Å².